The largest absolute Gasteiger partial charge is 0.370 e. The summed E-state index contributed by atoms with van der Waals surface area (Å²) < 4.78 is 0. The maximum absolute atomic E-state index is 10.7. The van der Waals surface area contributed by atoms with Gasteiger partial charge in [0, 0.05) is 19.9 Å². The molecule has 0 spiro atoms. The summed E-state index contributed by atoms with van der Waals surface area (Å²) in [5.74, 6) is -0.125. The topological polar surface area (TPSA) is 63.4 Å². The standard InChI is InChI=1S/C6H9NO.C2H5NO/c1-2-7-5-3-4-6(7)8;1-2(3)4/h2H,1,3-5H2;1H3,(H2,3,4). The highest BCUT2D eigenvalue weighted by atomic mass is 16.2. The van der Waals surface area contributed by atoms with Crippen LogP contribution in [0.4, 0.5) is 0 Å². The molecular weight excluding hydrogens is 156 g/mol. The second-order valence-corrected chi connectivity index (χ2v) is 2.48. The summed E-state index contributed by atoms with van der Waals surface area (Å²) in [5, 5.41) is 0. The van der Waals surface area contributed by atoms with Gasteiger partial charge in [-0.05, 0) is 12.6 Å². The molecular formula is C8H14N2O2. The van der Waals surface area contributed by atoms with Crippen molar-refractivity contribution < 1.29 is 9.59 Å². The molecule has 0 radical (unpaired) electrons. The average Bonchev–Trinajstić information content (AvgIpc) is 2.33. The molecule has 68 valence electrons. The predicted molar refractivity (Wildman–Crippen MR) is 46.0 cm³/mol. The summed E-state index contributed by atoms with van der Waals surface area (Å²) >= 11 is 0. The van der Waals surface area contributed by atoms with E-state index in [4.69, 9.17) is 0 Å². The Morgan fingerprint density at radius 3 is 2.42 bits per heavy atom. The van der Waals surface area contributed by atoms with E-state index in [1.165, 1.54) is 6.92 Å². The lowest BCUT2D eigenvalue weighted by Crippen LogP contribution is -2.16. The van der Waals surface area contributed by atoms with E-state index in [2.05, 4.69) is 12.3 Å². The predicted octanol–water partition coefficient (Wildman–Crippen LogP) is 0.244. The number of hydrogen-bond acceptors (Lipinski definition) is 2. The van der Waals surface area contributed by atoms with Crippen molar-refractivity contribution in [2.24, 2.45) is 5.73 Å². The minimum Gasteiger partial charge on any atom is -0.370 e. The van der Waals surface area contributed by atoms with E-state index in [-0.39, 0.29) is 11.8 Å². The van der Waals surface area contributed by atoms with E-state index in [1.54, 1.807) is 11.1 Å². The zero-order chi connectivity index (χ0) is 9.56. The maximum Gasteiger partial charge on any atom is 0.226 e. The lowest BCUT2D eigenvalue weighted by atomic mass is 10.4. The van der Waals surface area contributed by atoms with Gasteiger partial charge in [-0.15, -0.1) is 0 Å². The van der Waals surface area contributed by atoms with Gasteiger partial charge in [0.05, 0.1) is 0 Å². The van der Waals surface area contributed by atoms with Crippen molar-refractivity contribution in [3.05, 3.63) is 12.8 Å². The van der Waals surface area contributed by atoms with Gasteiger partial charge in [0.1, 0.15) is 0 Å². The number of carbonyl (C=O) groups is 2. The molecule has 0 aromatic carbocycles. The van der Waals surface area contributed by atoms with Gasteiger partial charge in [-0.1, -0.05) is 6.58 Å². The van der Waals surface area contributed by atoms with Gasteiger partial charge in [-0.3, -0.25) is 9.59 Å². The van der Waals surface area contributed by atoms with Crippen molar-refractivity contribution >= 4 is 11.8 Å². The molecule has 12 heavy (non-hydrogen) atoms. The molecule has 1 saturated heterocycles. The molecule has 4 nitrogen and oxygen atoms in total. The number of rotatable bonds is 1. The zero-order valence-corrected chi connectivity index (χ0v) is 7.25. The third-order valence-corrected chi connectivity index (χ3v) is 1.33. The van der Waals surface area contributed by atoms with Crippen molar-refractivity contribution in [3.8, 4) is 0 Å². The van der Waals surface area contributed by atoms with E-state index in [0.717, 1.165) is 13.0 Å². The van der Waals surface area contributed by atoms with Gasteiger partial charge in [-0.2, -0.15) is 0 Å². The fraction of sp³-hybridized carbons (Fsp3) is 0.500. The first kappa shape index (κ1) is 10.7. The van der Waals surface area contributed by atoms with Crippen LogP contribution in [0.25, 0.3) is 0 Å². The first-order chi connectivity index (χ1) is 5.57. The first-order valence-corrected chi connectivity index (χ1v) is 3.76. The van der Waals surface area contributed by atoms with Gasteiger partial charge < -0.3 is 10.6 Å². The summed E-state index contributed by atoms with van der Waals surface area (Å²) in [6.45, 7) is 5.67. The monoisotopic (exact) mass is 170 g/mol. The van der Waals surface area contributed by atoms with Gasteiger partial charge in [0.25, 0.3) is 0 Å². The van der Waals surface area contributed by atoms with Gasteiger partial charge >= 0.3 is 0 Å². The van der Waals surface area contributed by atoms with Crippen LogP contribution in [0.2, 0.25) is 0 Å². The van der Waals surface area contributed by atoms with Crippen LogP contribution in [-0.2, 0) is 9.59 Å². The average molecular weight is 170 g/mol. The Labute approximate surface area is 72.0 Å². The SMILES string of the molecule is C=CN1CCCC1=O.CC(N)=O. The molecule has 1 aliphatic heterocycles. The fourth-order valence-electron chi connectivity index (χ4n) is 0.862. The summed E-state index contributed by atoms with van der Waals surface area (Å²) in [7, 11) is 0. The Kier molecular flexibility index (Phi) is 4.76. The molecule has 0 aromatic rings. The molecule has 1 heterocycles. The summed E-state index contributed by atoms with van der Waals surface area (Å²) in [6, 6.07) is 0. The Morgan fingerprint density at radius 1 is 1.75 bits per heavy atom. The molecule has 2 amide bonds. The minimum absolute atomic E-state index is 0.208. The smallest absolute Gasteiger partial charge is 0.226 e. The molecule has 0 unspecified atom stereocenters. The van der Waals surface area contributed by atoms with Crippen LogP contribution in [0.1, 0.15) is 19.8 Å². The Morgan fingerprint density at radius 2 is 2.25 bits per heavy atom. The third kappa shape index (κ3) is 4.49. The number of likely N-dealkylation sites (tertiary alicyclic amines) is 1. The highest BCUT2D eigenvalue weighted by Crippen LogP contribution is 2.08. The van der Waals surface area contributed by atoms with Crippen LogP contribution in [0, 0.1) is 0 Å². The Hall–Kier alpha value is -1.32. The minimum atomic E-state index is -0.333. The molecule has 0 saturated carbocycles. The van der Waals surface area contributed by atoms with Crippen LogP contribution < -0.4 is 5.73 Å². The number of primary amides is 1. The third-order valence-electron chi connectivity index (χ3n) is 1.33. The van der Waals surface area contributed by atoms with E-state index < -0.39 is 0 Å². The normalized spacial score (nSPS) is 15.1. The number of carbonyl (C=O) groups excluding carboxylic acids is 2. The van der Waals surface area contributed by atoms with Crippen molar-refractivity contribution in [2.75, 3.05) is 6.54 Å². The summed E-state index contributed by atoms with van der Waals surface area (Å²) in [6.07, 6.45) is 3.28. The number of hydrogen-bond donors (Lipinski definition) is 1. The van der Waals surface area contributed by atoms with E-state index in [0.29, 0.717) is 6.42 Å². The van der Waals surface area contributed by atoms with Gasteiger partial charge in [0.15, 0.2) is 0 Å². The number of nitrogens with two attached hydrogens (primary N) is 1. The van der Waals surface area contributed by atoms with Crippen LogP contribution in [-0.4, -0.2) is 23.3 Å². The molecule has 1 aliphatic rings. The van der Waals surface area contributed by atoms with Crippen molar-refractivity contribution in [1.29, 1.82) is 0 Å². The van der Waals surface area contributed by atoms with E-state index >= 15 is 0 Å². The van der Waals surface area contributed by atoms with Crippen LogP contribution in [0.5, 0.6) is 0 Å². The van der Waals surface area contributed by atoms with Crippen LogP contribution in [0.15, 0.2) is 12.8 Å². The lowest BCUT2D eigenvalue weighted by molar-refractivity contribution is -0.125. The second kappa shape index (κ2) is 5.35. The Bertz CT molecular complexity index is 185. The number of amides is 2. The molecule has 0 bridgehead atoms. The maximum atomic E-state index is 10.7. The van der Waals surface area contributed by atoms with Crippen molar-refractivity contribution in [1.82, 2.24) is 4.90 Å². The Balaban J connectivity index is 0.000000261. The first-order valence-electron chi connectivity index (χ1n) is 3.76. The molecule has 0 aliphatic carbocycles. The quantitative estimate of drug-likeness (QED) is 0.612. The highest BCUT2D eigenvalue weighted by molar-refractivity contribution is 5.78. The highest BCUT2D eigenvalue weighted by Gasteiger charge is 2.15. The van der Waals surface area contributed by atoms with Crippen LogP contribution >= 0.6 is 0 Å². The lowest BCUT2D eigenvalue weighted by Gasteiger charge is -2.05. The van der Waals surface area contributed by atoms with E-state index in [1.807, 2.05) is 0 Å². The van der Waals surface area contributed by atoms with Crippen LogP contribution in [0.3, 0.4) is 0 Å². The van der Waals surface area contributed by atoms with E-state index in [9.17, 15) is 9.59 Å². The second-order valence-electron chi connectivity index (χ2n) is 2.48. The van der Waals surface area contributed by atoms with Gasteiger partial charge in [-0.25, -0.2) is 0 Å². The van der Waals surface area contributed by atoms with Crippen molar-refractivity contribution in [2.45, 2.75) is 19.8 Å². The van der Waals surface area contributed by atoms with Gasteiger partial charge in [0.2, 0.25) is 11.8 Å². The summed E-state index contributed by atoms with van der Waals surface area (Å²) in [4.78, 5) is 21.5. The molecule has 1 fully saturated rings. The molecule has 4 heteroatoms. The molecule has 1 rings (SSSR count). The number of nitrogens with zero attached hydrogens (tertiary/aromatic N) is 1. The zero-order valence-electron chi connectivity index (χ0n) is 7.25. The molecule has 0 atom stereocenters. The molecule has 2 N–H and O–H groups in total. The fourth-order valence-corrected chi connectivity index (χ4v) is 0.862. The summed E-state index contributed by atoms with van der Waals surface area (Å²) in [5.41, 5.74) is 4.47. The molecule has 0 aromatic heterocycles. The van der Waals surface area contributed by atoms with Crippen molar-refractivity contribution in [3.63, 3.8) is 0 Å².